The molecule has 1 aliphatic carbocycles. The van der Waals surface area contributed by atoms with E-state index in [4.69, 9.17) is 0 Å². The van der Waals surface area contributed by atoms with E-state index in [0.29, 0.717) is 6.42 Å². The molecule has 1 aliphatic rings. The van der Waals surface area contributed by atoms with Crippen molar-refractivity contribution in [3.05, 3.63) is 26.7 Å². The van der Waals surface area contributed by atoms with Crippen molar-refractivity contribution in [1.29, 1.82) is 0 Å². The summed E-state index contributed by atoms with van der Waals surface area (Å²) in [5.74, 6) is -1.21. The Morgan fingerprint density at radius 1 is 1.52 bits per heavy atom. The van der Waals surface area contributed by atoms with Crippen molar-refractivity contribution in [1.82, 2.24) is 9.97 Å². The maximum Gasteiger partial charge on any atom is 0.312 e. The van der Waals surface area contributed by atoms with E-state index in [-0.39, 0.29) is 6.04 Å². The molecule has 2 aromatic heterocycles. The third kappa shape index (κ3) is 2.94. The molecule has 0 saturated carbocycles. The Labute approximate surface area is 131 Å². The van der Waals surface area contributed by atoms with Crippen LogP contribution in [0.2, 0.25) is 0 Å². The van der Waals surface area contributed by atoms with Crippen LogP contribution >= 0.6 is 22.7 Å². The predicted molar refractivity (Wildman–Crippen MR) is 84.3 cm³/mol. The minimum absolute atomic E-state index is 0.0829. The van der Waals surface area contributed by atoms with E-state index in [2.05, 4.69) is 15.3 Å². The van der Waals surface area contributed by atoms with Gasteiger partial charge in [0.05, 0.1) is 11.7 Å². The molecule has 7 heteroatoms. The highest BCUT2D eigenvalue weighted by molar-refractivity contribution is 7.15. The van der Waals surface area contributed by atoms with Crippen LogP contribution in [0.5, 0.6) is 0 Å². The molecule has 0 amide bonds. The molecule has 112 valence electrons. The Hall–Kier alpha value is -1.47. The molecule has 2 N–H and O–H groups in total. The number of aromatic nitrogens is 2. The highest BCUT2D eigenvalue weighted by Crippen LogP contribution is 2.37. The topological polar surface area (TPSA) is 75.1 Å². The van der Waals surface area contributed by atoms with Crippen LogP contribution in [0.4, 0.5) is 5.13 Å². The zero-order chi connectivity index (χ0) is 15.0. The van der Waals surface area contributed by atoms with Crippen molar-refractivity contribution in [3.63, 3.8) is 0 Å². The molecule has 3 rings (SSSR count). The molecule has 2 atom stereocenters. The van der Waals surface area contributed by atoms with Gasteiger partial charge < -0.3 is 10.4 Å². The van der Waals surface area contributed by atoms with E-state index in [1.54, 1.807) is 22.7 Å². The number of carboxylic acid groups (broad SMARTS) is 1. The minimum atomic E-state index is -0.767. The first-order valence-corrected chi connectivity index (χ1v) is 8.65. The van der Waals surface area contributed by atoms with Gasteiger partial charge in [0.1, 0.15) is 10.9 Å². The quantitative estimate of drug-likeness (QED) is 0.899. The lowest BCUT2D eigenvalue weighted by molar-refractivity contribution is -0.139. The first-order chi connectivity index (χ1) is 10.0. The number of nitrogens with one attached hydrogen (secondary N) is 1. The second kappa shape index (κ2) is 5.73. The smallest absolute Gasteiger partial charge is 0.312 e. The molecule has 0 aliphatic heterocycles. The lowest BCUT2D eigenvalue weighted by atomic mass is 9.91. The van der Waals surface area contributed by atoms with E-state index in [1.807, 2.05) is 19.2 Å². The number of fused-ring (bicyclic) bond motifs is 1. The Balaban J connectivity index is 1.80. The second-order valence-corrected chi connectivity index (χ2v) is 7.28. The molecule has 0 bridgehead atoms. The number of nitrogens with zero attached hydrogens (tertiary/aromatic N) is 2. The van der Waals surface area contributed by atoms with Crippen LogP contribution in [-0.2, 0) is 11.2 Å². The van der Waals surface area contributed by atoms with Crippen molar-refractivity contribution in [2.75, 3.05) is 5.32 Å². The Bertz CT molecular complexity index is 665. The van der Waals surface area contributed by atoms with Gasteiger partial charge in [-0.25, -0.2) is 9.97 Å². The highest BCUT2D eigenvalue weighted by atomic mass is 32.1. The van der Waals surface area contributed by atoms with Gasteiger partial charge in [-0.1, -0.05) is 0 Å². The van der Waals surface area contributed by atoms with Crippen molar-refractivity contribution in [2.45, 2.75) is 45.1 Å². The zero-order valence-corrected chi connectivity index (χ0v) is 13.6. The van der Waals surface area contributed by atoms with Crippen molar-refractivity contribution < 1.29 is 9.90 Å². The number of anilines is 1. The summed E-state index contributed by atoms with van der Waals surface area (Å²) in [7, 11) is 0. The molecular formula is C14H17N3O2S2. The minimum Gasteiger partial charge on any atom is -0.481 e. The summed E-state index contributed by atoms with van der Waals surface area (Å²) in [6.07, 6.45) is 2.54. The van der Waals surface area contributed by atoms with E-state index in [9.17, 15) is 9.90 Å². The van der Waals surface area contributed by atoms with Crippen molar-refractivity contribution >= 4 is 33.8 Å². The standard InChI is InChI=1S/C14H17N3O2S2/c1-7-6-20-12(15-7)8(2)16-14-17-11-9(13(18)19)4-3-5-10(11)21-14/h6,8-9H,3-5H2,1-2H3,(H,16,17)(H,18,19). The van der Waals surface area contributed by atoms with Gasteiger partial charge in [-0.2, -0.15) is 0 Å². The number of carboxylic acids is 1. The fourth-order valence-corrected chi connectivity index (χ4v) is 4.49. The van der Waals surface area contributed by atoms with Gasteiger partial charge in [0.15, 0.2) is 5.13 Å². The molecule has 2 aromatic rings. The van der Waals surface area contributed by atoms with Crippen LogP contribution in [0, 0.1) is 6.92 Å². The predicted octanol–water partition coefficient (Wildman–Crippen LogP) is 3.59. The first kappa shape index (κ1) is 14.5. The Kier molecular flexibility index (Phi) is 3.95. The number of carbonyl (C=O) groups is 1. The Morgan fingerprint density at radius 3 is 3.00 bits per heavy atom. The highest BCUT2D eigenvalue weighted by Gasteiger charge is 2.30. The molecular weight excluding hydrogens is 306 g/mol. The summed E-state index contributed by atoms with van der Waals surface area (Å²) < 4.78 is 0. The third-order valence-corrected chi connectivity index (χ3v) is 5.81. The number of rotatable bonds is 4. The molecule has 2 heterocycles. The van der Waals surface area contributed by atoms with Crippen LogP contribution in [-0.4, -0.2) is 21.0 Å². The summed E-state index contributed by atoms with van der Waals surface area (Å²) in [6, 6.07) is 0.0829. The summed E-state index contributed by atoms with van der Waals surface area (Å²) in [5.41, 5.74) is 1.77. The molecule has 0 aromatic carbocycles. The average Bonchev–Trinajstić information content (AvgIpc) is 3.03. The number of aliphatic carboxylic acids is 1. The fourth-order valence-electron chi connectivity index (χ4n) is 2.54. The number of hydrogen-bond donors (Lipinski definition) is 2. The van der Waals surface area contributed by atoms with E-state index < -0.39 is 11.9 Å². The van der Waals surface area contributed by atoms with Crippen molar-refractivity contribution in [3.8, 4) is 0 Å². The molecule has 0 fully saturated rings. The number of aryl methyl sites for hydroxylation is 2. The lowest BCUT2D eigenvalue weighted by Gasteiger charge is -2.16. The summed E-state index contributed by atoms with van der Waals surface area (Å²) in [6.45, 7) is 4.03. The SMILES string of the molecule is Cc1csc(C(C)Nc2nc3c(s2)CCCC3C(=O)O)n1. The monoisotopic (exact) mass is 323 g/mol. The van der Waals surface area contributed by atoms with Gasteiger partial charge >= 0.3 is 5.97 Å². The van der Waals surface area contributed by atoms with Gasteiger partial charge in [-0.05, 0) is 33.1 Å². The Morgan fingerprint density at radius 2 is 2.33 bits per heavy atom. The van der Waals surface area contributed by atoms with Crippen LogP contribution in [0.25, 0.3) is 0 Å². The second-order valence-electron chi connectivity index (χ2n) is 5.30. The van der Waals surface area contributed by atoms with Crippen LogP contribution in [0.1, 0.15) is 53.0 Å². The molecule has 0 saturated heterocycles. The van der Waals surface area contributed by atoms with E-state index in [1.165, 1.54) is 0 Å². The maximum atomic E-state index is 11.3. The van der Waals surface area contributed by atoms with Gasteiger partial charge in [0, 0.05) is 16.0 Å². The summed E-state index contributed by atoms with van der Waals surface area (Å²) >= 11 is 3.20. The molecule has 21 heavy (non-hydrogen) atoms. The van der Waals surface area contributed by atoms with Crippen molar-refractivity contribution in [2.24, 2.45) is 0 Å². The largest absolute Gasteiger partial charge is 0.481 e. The van der Waals surface area contributed by atoms with E-state index >= 15 is 0 Å². The van der Waals surface area contributed by atoms with Crippen LogP contribution in [0.3, 0.4) is 0 Å². The summed E-state index contributed by atoms with van der Waals surface area (Å²) in [4.78, 5) is 21.4. The molecule has 5 nitrogen and oxygen atoms in total. The maximum absolute atomic E-state index is 11.3. The van der Waals surface area contributed by atoms with Gasteiger partial charge in [-0.3, -0.25) is 4.79 Å². The first-order valence-electron chi connectivity index (χ1n) is 6.95. The molecule has 2 unspecified atom stereocenters. The number of hydrogen-bond acceptors (Lipinski definition) is 6. The molecule has 0 radical (unpaired) electrons. The fraction of sp³-hybridized carbons (Fsp3) is 0.500. The van der Waals surface area contributed by atoms with Gasteiger partial charge in [0.2, 0.25) is 0 Å². The molecule has 0 spiro atoms. The van der Waals surface area contributed by atoms with E-state index in [0.717, 1.165) is 39.2 Å². The lowest BCUT2D eigenvalue weighted by Crippen LogP contribution is -2.17. The normalized spacial score (nSPS) is 19.0. The van der Waals surface area contributed by atoms with Crippen LogP contribution < -0.4 is 5.32 Å². The zero-order valence-electron chi connectivity index (χ0n) is 11.9. The van der Waals surface area contributed by atoms with Gasteiger partial charge in [-0.15, -0.1) is 22.7 Å². The van der Waals surface area contributed by atoms with Crippen LogP contribution in [0.15, 0.2) is 5.38 Å². The summed E-state index contributed by atoms with van der Waals surface area (Å²) in [5, 5.41) is 16.5. The average molecular weight is 323 g/mol. The number of thiazole rings is 2. The third-order valence-electron chi connectivity index (χ3n) is 3.60. The van der Waals surface area contributed by atoms with Gasteiger partial charge in [0.25, 0.3) is 0 Å².